The molecule has 2 nitrogen and oxygen atoms in total. The number of hydrogen-bond donors (Lipinski definition) is 1. The van der Waals surface area contributed by atoms with E-state index >= 15 is 0 Å². The highest BCUT2D eigenvalue weighted by molar-refractivity contribution is 5.85. The van der Waals surface area contributed by atoms with Gasteiger partial charge in [0.25, 0.3) is 0 Å². The quantitative estimate of drug-likeness (QED) is 0.377. The first-order valence-corrected chi connectivity index (χ1v) is 5.05. The maximum absolute atomic E-state index is 10.3. The Kier molecular flexibility index (Phi) is 8.86. The van der Waals surface area contributed by atoms with Gasteiger partial charge in [0.05, 0.1) is 0 Å². The smallest absolute Gasteiger partial charge is 0.241 e. The highest BCUT2D eigenvalue weighted by atomic mass is 16.1. The van der Waals surface area contributed by atoms with Crippen LogP contribution >= 0.6 is 0 Å². The average Bonchev–Trinajstić information content (AvgIpc) is 2.15. The van der Waals surface area contributed by atoms with Crippen molar-refractivity contribution in [3.8, 4) is 0 Å². The molecule has 0 saturated heterocycles. The van der Waals surface area contributed by atoms with Gasteiger partial charge in [-0.3, -0.25) is 4.79 Å². The lowest BCUT2D eigenvalue weighted by atomic mass is 10.2. The van der Waals surface area contributed by atoms with Crippen LogP contribution in [0.15, 0.2) is 36.5 Å². The minimum atomic E-state index is -0.369. The number of carbonyl (C=O) groups excluding carboxylic acids is 1. The molecular weight excluding hydrogens is 174 g/mol. The van der Waals surface area contributed by atoms with Gasteiger partial charge in [-0.1, -0.05) is 37.3 Å². The highest BCUT2D eigenvalue weighted by Gasteiger charge is 1.82. The molecular formula is C12H19NO. The molecule has 0 aromatic rings. The van der Waals surface area contributed by atoms with E-state index in [4.69, 9.17) is 5.73 Å². The summed E-state index contributed by atoms with van der Waals surface area (Å²) in [4.78, 5) is 10.3. The van der Waals surface area contributed by atoms with Crippen molar-refractivity contribution in [2.24, 2.45) is 5.73 Å². The second-order valence-electron chi connectivity index (χ2n) is 3.00. The van der Waals surface area contributed by atoms with Gasteiger partial charge in [-0.25, -0.2) is 0 Å². The third kappa shape index (κ3) is 10.7. The standard InChI is InChI=1S/C12H19NO/c1-2-3-4-5-6-7-8-9-10-11-12(13)14/h3-6,10-11H,2,7-9H2,1H3,(H2,13,14). The van der Waals surface area contributed by atoms with E-state index in [-0.39, 0.29) is 5.91 Å². The van der Waals surface area contributed by atoms with Crippen LogP contribution in [0.2, 0.25) is 0 Å². The normalized spacial score (nSPS) is 12.1. The fraction of sp³-hybridized carbons (Fsp3) is 0.417. The van der Waals surface area contributed by atoms with Crippen LogP contribution in [0.25, 0.3) is 0 Å². The number of nitrogens with two attached hydrogens (primary N) is 1. The highest BCUT2D eigenvalue weighted by Crippen LogP contribution is 1.98. The number of hydrogen-bond acceptors (Lipinski definition) is 1. The number of allylic oxidation sites excluding steroid dienone is 5. The van der Waals surface area contributed by atoms with Crippen LogP contribution in [0.4, 0.5) is 0 Å². The van der Waals surface area contributed by atoms with Gasteiger partial charge in [-0.15, -0.1) is 0 Å². The molecule has 2 N–H and O–H groups in total. The molecule has 0 radical (unpaired) electrons. The molecule has 0 rings (SSSR count). The predicted octanol–water partition coefficient (Wildman–Crippen LogP) is 2.72. The second kappa shape index (κ2) is 9.78. The molecule has 0 saturated carbocycles. The number of rotatable bonds is 7. The summed E-state index contributed by atoms with van der Waals surface area (Å²) in [6, 6.07) is 0. The molecule has 2 heteroatoms. The van der Waals surface area contributed by atoms with Crippen molar-refractivity contribution in [2.45, 2.75) is 32.6 Å². The van der Waals surface area contributed by atoms with Crippen LogP contribution < -0.4 is 5.73 Å². The van der Waals surface area contributed by atoms with Crippen molar-refractivity contribution in [3.05, 3.63) is 36.5 Å². The SMILES string of the molecule is CCC=CC=CCCCC=CC(N)=O. The molecule has 0 aromatic carbocycles. The summed E-state index contributed by atoms with van der Waals surface area (Å²) < 4.78 is 0. The Labute approximate surface area is 86.2 Å². The third-order valence-electron chi connectivity index (χ3n) is 1.64. The van der Waals surface area contributed by atoms with Crippen molar-refractivity contribution < 1.29 is 4.79 Å². The van der Waals surface area contributed by atoms with E-state index in [2.05, 4.69) is 31.2 Å². The van der Waals surface area contributed by atoms with Gasteiger partial charge in [-0.2, -0.15) is 0 Å². The van der Waals surface area contributed by atoms with Crippen LogP contribution in [-0.2, 0) is 4.79 Å². The van der Waals surface area contributed by atoms with Crippen molar-refractivity contribution in [2.75, 3.05) is 0 Å². The molecule has 0 unspecified atom stereocenters. The van der Waals surface area contributed by atoms with Gasteiger partial charge in [-0.05, 0) is 31.8 Å². The zero-order valence-corrected chi connectivity index (χ0v) is 8.78. The molecule has 0 aliphatic carbocycles. The lowest BCUT2D eigenvalue weighted by molar-refractivity contribution is -0.113. The van der Waals surface area contributed by atoms with Gasteiger partial charge >= 0.3 is 0 Å². The molecule has 14 heavy (non-hydrogen) atoms. The number of unbranched alkanes of at least 4 members (excludes halogenated alkanes) is 2. The fourth-order valence-electron chi connectivity index (χ4n) is 0.942. The van der Waals surface area contributed by atoms with Gasteiger partial charge in [0, 0.05) is 0 Å². The summed E-state index contributed by atoms with van der Waals surface area (Å²) in [5.41, 5.74) is 4.94. The van der Waals surface area contributed by atoms with Crippen LogP contribution in [0.5, 0.6) is 0 Å². The maximum Gasteiger partial charge on any atom is 0.241 e. The first kappa shape index (κ1) is 12.7. The van der Waals surface area contributed by atoms with Gasteiger partial charge < -0.3 is 5.73 Å². The van der Waals surface area contributed by atoms with E-state index in [0.717, 1.165) is 25.7 Å². The molecule has 0 fully saturated rings. The molecule has 78 valence electrons. The first-order valence-electron chi connectivity index (χ1n) is 5.05. The summed E-state index contributed by atoms with van der Waals surface area (Å²) in [5, 5.41) is 0. The number of carbonyl (C=O) groups is 1. The Morgan fingerprint density at radius 3 is 2.43 bits per heavy atom. The minimum Gasteiger partial charge on any atom is -0.366 e. The zero-order valence-electron chi connectivity index (χ0n) is 8.78. The topological polar surface area (TPSA) is 43.1 Å². The molecule has 0 spiro atoms. The largest absolute Gasteiger partial charge is 0.366 e. The van der Waals surface area contributed by atoms with E-state index in [1.165, 1.54) is 6.08 Å². The van der Waals surface area contributed by atoms with Gasteiger partial charge in [0.2, 0.25) is 5.91 Å². The number of amides is 1. The first-order chi connectivity index (χ1) is 6.77. The average molecular weight is 193 g/mol. The Morgan fingerprint density at radius 1 is 1.14 bits per heavy atom. The summed E-state index contributed by atoms with van der Waals surface area (Å²) >= 11 is 0. The molecule has 1 amide bonds. The van der Waals surface area contributed by atoms with E-state index < -0.39 is 0 Å². The van der Waals surface area contributed by atoms with Crippen molar-refractivity contribution in [1.82, 2.24) is 0 Å². The summed E-state index contributed by atoms with van der Waals surface area (Å²) in [5.74, 6) is -0.369. The van der Waals surface area contributed by atoms with Crippen molar-refractivity contribution >= 4 is 5.91 Å². The summed E-state index contributed by atoms with van der Waals surface area (Å²) in [7, 11) is 0. The molecule has 0 bridgehead atoms. The monoisotopic (exact) mass is 193 g/mol. The lowest BCUT2D eigenvalue weighted by Crippen LogP contribution is -2.05. The molecule has 0 atom stereocenters. The van der Waals surface area contributed by atoms with Crippen LogP contribution in [0, 0.1) is 0 Å². The van der Waals surface area contributed by atoms with Crippen molar-refractivity contribution in [1.29, 1.82) is 0 Å². The van der Waals surface area contributed by atoms with Crippen LogP contribution in [0.3, 0.4) is 0 Å². The molecule has 0 aliphatic heterocycles. The minimum absolute atomic E-state index is 0.369. The number of primary amides is 1. The Balaban J connectivity index is 3.33. The van der Waals surface area contributed by atoms with Gasteiger partial charge in [0.15, 0.2) is 0 Å². The second-order valence-corrected chi connectivity index (χ2v) is 3.00. The van der Waals surface area contributed by atoms with Gasteiger partial charge in [0.1, 0.15) is 0 Å². The Hall–Kier alpha value is -1.31. The van der Waals surface area contributed by atoms with Crippen LogP contribution in [0.1, 0.15) is 32.6 Å². The Morgan fingerprint density at radius 2 is 1.79 bits per heavy atom. The lowest BCUT2D eigenvalue weighted by Gasteiger charge is -1.88. The zero-order chi connectivity index (χ0) is 10.6. The summed E-state index contributed by atoms with van der Waals surface area (Å²) in [6.45, 7) is 2.11. The van der Waals surface area contributed by atoms with E-state index in [0.29, 0.717) is 0 Å². The Bertz CT molecular complexity index is 226. The summed E-state index contributed by atoms with van der Waals surface area (Å²) in [6.07, 6.45) is 15.7. The predicted molar refractivity (Wildman–Crippen MR) is 60.8 cm³/mol. The molecule has 0 aromatic heterocycles. The molecule has 0 heterocycles. The molecule has 0 aliphatic rings. The van der Waals surface area contributed by atoms with Crippen molar-refractivity contribution in [3.63, 3.8) is 0 Å². The van der Waals surface area contributed by atoms with E-state index in [1.54, 1.807) is 0 Å². The third-order valence-corrected chi connectivity index (χ3v) is 1.64. The van der Waals surface area contributed by atoms with Crippen LogP contribution in [-0.4, -0.2) is 5.91 Å². The van der Waals surface area contributed by atoms with E-state index in [1.807, 2.05) is 6.08 Å². The van der Waals surface area contributed by atoms with E-state index in [9.17, 15) is 4.79 Å². The maximum atomic E-state index is 10.3. The fourth-order valence-corrected chi connectivity index (χ4v) is 0.942.